The van der Waals surface area contributed by atoms with Crippen LogP contribution in [0, 0.1) is 0 Å². The zero-order valence-corrected chi connectivity index (χ0v) is 17.8. The van der Waals surface area contributed by atoms with Gasteiger partial charge in [0.15, 0.2) is 0 Å². The normalized spacial score (nSPS) is 10.8. The Bertz CT molecular complexity index is 1310. The molecule has 5 nitrogen and oxygen atoms in total. The lowest BCUT2D eigenvalue weighted by atomic mass is 9.96. The van der Waals surface area contributed by atoms with Gasteiger partial charge in [0.2, 0.25) is 0 Å². The van der Waals surface area contributed by atoms with Gasteiger partial charge in [-0.2, -0.15) is 0 Å². The molecule has 0 radical (unpaired) electrons. The van der Waals surface area contributed by atoms with Gasteiger partial charge in [-0.05, 0) is 46.8 Å². The van der Waals surface area contributed by atoms with E-state index < -0.39 is 5.97 Å². The first-order chi connectivity index (χ1) is 15.0. The van der Waals surface area contributed by atoms with Crippen LogP contribution in [0.1, 0.15) is 16.1 Å². The van der Waals surface area contributed by atoms with Crippen LogP contribution < -0.4 is 10.3 Å². The van der Waals surface area contributed by atoms with Crippen LogP contribution in [0.2, 0.25) is 5.02 Å². The van der Waals surface area contributed by atoms with Gasteiger partial charge in [0.25, 0.3) is 5.56 Å². The molecule has 0 N–H and O–H groups in total. The summed E-state index contributed by atoms with van der Waals surface area (Å²) in [5.74, 6) is 0.119. The quantitative estimate of drug-likeness (QED) is 0.408. The first-order valence-corrected chi connectivity index (χ1v) is 10.0. The van der Waals surface area contributed by atoms with Crippen LogP contribution in [0.3, 0.4) is 0 Å². The highest BCUT2D eigenvalue weighted by Crippen LogP contribution is 2.33. The summed E-state index contributed by atoms with van der Waals surface area (Å²) in [5.41, 5.74) is 2.14. The lowest BCUT2D eigenvalue weighted by molar-refractivity contribution is 0.0588. The van der Waals surface area contributed by atoms with Crippen LogP contribution in [0.4, 0.5) is 0 Å². The van der Waals surface area contributed by atoms with Crippen molar-refractivity contribution in [2.75, 3.05) is 14.2 Å². The van der Waals surface area contributed by atoms with Gasteiger partial charge < -0.3 is 9.47 Å². The number of rotatable bonds is 5. The van der Waals surface area contributed by atoms with Crippen molar-refractivity contribution < 1.29 is 14.3 Å². The fourth-order valence-electron chi connectivity index (χ4n) is 3.69. The fraction of sp³-hybridized carbons (Fsp3) is 0.120. The summed E-state index contributed by atoms with van der Waals surface area (Å²) in [6.45, 7) is 0.200. The third-order valence-electron chi connectivity index (χ3n) is 5.17. The molecule has 0 aliphatic carbocycles. The van der Waals surface area contributed by atoms with Gasteiger partial charge in [0.1, 0.15) is 11.4 Å². The number of aromatic nitrogens is 1. The van der Waals surface area contributed by atoms with Crippen molar-refractivity contribution >= 4 is 28.3 Å². The minimum Gasteiger partial charge on any atom is -0.497 e. The minimum absolute atomic E-state index is 0.185. The highest BCUT2D eigenvalue weighted by molar-refractivity contribution is 6.31. The average Bonchev–Trinajstić information content (AvgIpc) is 2.81. The van der Waals surface area contributed by atoms with Crippen molar-refractivity contribution in [2.45, 2.75) is 6.54 Å². The molecule has 0 aliphatic heterocycles. The standard InChI is InChI=1S/C25H20ClNO4/c1-30-19-11-8-16(9-12-19)15-27-23(25(29)31-2)22(17-6-4-3-5-7-17)21-14-18(26)10-13-20(21)24(27)28/h3-14H,15H2,1-2H3. The molecule has 0 bridgehead atoms. The van der Waals surface area contributed by atoms with Crippen molar-refractivity contribution in [3.8, 4) is 16.9 Å². The Balaban J connectivity index is 2.07. The third-order valence-corrected chi connectivity index (χ3v) is 5.41. The molecule has 4 aromatic rings. The maximum atomic E-state index is 13.5. The van der Waals surface area contributed by atoms with E-state index in [1.807, 2.05) is 54.6 Å². The second kappa shape index (κ2) is 8.66. The molecule has 31 heavy (non-hydrogen) atoms. The number of esters is 1. The Labute approximate surface area is 184 Å². The van der Waals surface area contributed by atoms with E-state index in [4.69, 9.17) is 21.1 Å². The summed E-state index contributed by atoms with van der Waals surface area (Å²) in [7, 11) is 2.90. The van der Waals surface area contributed by atoms with Crippen LogP contribution in [0.25, 0.3) is 21.9 Å². The van der Waals surface area contributed by atoms with Gasteiger partial charge in [-0.1, -0.05) is 54.1 Å². The number of hydrogen-bond acceptors (Lipinski definition) is 4. The molecule has 1 heterocycles. The van der Waals surface area contributed by atoms with Crippen molar-refractivity contribution in [1.29, 1.82) is 0 Å². The number of pyridine rings is 1. The van der Waals surface area contributed by atoms with E-state index >= 15 is 0 Å². The monoisotopic (exact) mass is 433 g/mol. The zero-order chi connectivity index (χ0) is 22.0. The first-order valence-electron chi connectivity index (χ1n) is 9.66. The number of nitrogens with zero attached hydrogens (tertiary/aromatic N) is 1. The van der Waals surface area contributed by atoms with Gasteiger partial charge in [-0.3, -0.25) is 9.36 Å². The van der Waals surface area contributed by atoms with Crippen molar-refractivity contribution in [2.24, 2.45) is 0 Å². The summed E-state index contributed by atoms with van der Waals surface area (Å²) < 4.78 is 11.8. The zero-order valence-electron chi connectivity index (χ0n) is 17.1. The van der Waals surface area contributed by atoms with Crippen molar-refractivity contribution in [3.63, 3.8) is 0 Å². The molecule has 156 valence electrons. The molecule has 0 spiro atoms. The van der Waals surface area contributed by atoms with E-state index in [0.717, 1.165) is 11.1 Å². The molecule has 0 saturated carbocycles. The van der Waals surface area contributed by atoms with Gasteiger partial charge in [0, 0.05) is 16.0 Å². The number of hydrogen-bond donors (Lipinski definition) is 0. The number of carbonyl (C=O) groups excluding carboxylic acids is 1. The number of carbonyl (C=O) groups is 1. The Kier molecular flexibility index (Phi) is 5.78. The number of benzene rings is 3. The molecule has 4 rings (SSSR count). The number of methoxy groups -OCH3 is 2. The predicted octanol–water partition coefficient (Wildman–Crippen LogP) is 5.17. The number of halogens is 1. The van der Waals surface area contributed by atoms with E-state index in [0.29, 0.717) is 27.1 Å². The second-order valence-electron chi connectivity index (χ2n) is 7.01. The van der Waals surface area contributed by atoms with E-state index in [2.05, 4.69) is 0 Å². The van der Waals surface area contributed by atoms with Crippen molar-refractivity contribution in [1.82, 2.24) is 4.57 Å². The molecule has 0 fully saturated rings. The summed E-state index contributed by atoms with van der Waals surface area (Å²) in [6, 6.07) is 21.9. The van der Waals surface area contributed by atoms with Crippen LogP contribution in [0.15, 0.2) is 77.6 Å². The Morgan fingerprint density at radius 2 is 1.65 bits per heavy atom. The molecule has 0 atom stereocenters. The van der Waals surface area contributed by atoms with E-state index in [9.17, 15) is 9.59 Å². The van der Waals surface area contributed by atoms with E-state index in [1.54, 1.807) is 25.3 Å². The maximum absolute atomic E-state index is 13.5. The SMILES string of the molecule is COC(=O)c1c(-c2ccccc2)c2cc(Cl)ccc2c(=O)n1Cc1ccc(OC)cc1. The van der Waals surface area contributed by atoms with Crippen LogP contribution >= 0.6 is 11.6 Å². The first kappa shape index (κ1) is 20.7. The molecule has 0 saturated heterocycles. The summed E-state index contributed by atoms with van der Waals surface area (Å²) in [6.07, 6.45) is 0. The van der Waals surface area contributed by atoms with Crippen LogP contribution in [-0.2, 0) is 11.3 Å². The molecule has 0 unspecified atom stereocenters. The highest BCUT2D eigenvalue weighted by Gasteiger charge is 2.24. The van der Waals surface area contributed by atoms with Gasteiger partial charge >= 0.3 is 5.97 Å². The summed E-state index contributed by atoms with van der Waals surface area (Å²) >= 11 is 6.26. The third kappa shape index (κ3) is 3.92. The van der Waals surface area contributed by atoms with Crippen molar-refractivity contribution in [3.05, 3.63) is 99.4 Å². The largest absolute Gasteiger partial charge is 0.497 e. The highest BCUT2D eigenvalue weighted by atomic mass is 35.5. The predicted molar refractivity (Wildman–Crippen MR) is 122 cm³/mol. The molecule has 3 aromatic carbocycles. The Morgan fingerprint density at radius 3 is 2.29 bits per heavy atom. The molecule has 1 aromatic heterocycles. The summed E-state index contributed by atoms with van der Waals surface area (Å²) in [4.78, 5) is 26.4. The lowest BCUT2D eigenvalue weighted by Crippen LogP contribution is -2.28. The second-order valence-corrected chi connectivity index (χ2v) is 7.45. The van der Waals surface area contributed by atoms with Gasteiger partial charge in [-0.15, -0.1) is 0 Å². The number of ether oxygens (including phenoxy) is 2. The van der Waals surface area contributed by atoms with Crippen LogP contribution in [-0.4, -0.2) is 24.8 Å². The van der Waals surface area contributed by atoms with Gasteiger partial charge in [-0.25, -0.2) is 4.79 Å². The average molecular weight is 434 g/mol. The fourth-order valence-corrected chi connectivity index (χ4v) is 3.86. The molecular formula is C25H20ClNO4. The molecule has 0 aliphatic rings. The van der Waals surface area contributed by atoms with Gasteiger partial charge in [0.05, 0.1) is 20.8 Å². The maximum Gasteiger partial charge on any atom is 0.355 e. The smallest absolute Gasteiger partial charge is 0.355 e. The minimum atomic E-state index is -0.591. The summed E-state index contributed by atoms with van der Waals surface area (Å²) in [5, 5.41) is 1.56. The van der Waals surface area contributed by atoms with Crippen LogP contribution in [0.5, 0.6) is 5.75 Å². The lowest BCUT2D eigenvalue weighted by Gasteiger charge is -2.19. The molecular weight excluding hydrogens is 414 g/mol. The Morgan fingerprint density at radius 1 is 0.935 bits per heavy atom. The van der Waals surface area contributed by atoms with E-state index in [-0.39, 0.29) is 17.8 Å². The Hall–Kier alpha value is -3.57. The van der Waals surface area contributed by atoms with E-state index in [1.165, 1.54) is 11.7 Å². The topological polar surface area (TPSA) is 57.5 Å². The molecule has 0 amide bonds. The molecule has 6 heteroatoms. The number of fused-ring (bicyclic) bond motifs is 1.